The minimum absolute atomic E-state index is 0.0371. The van der Waals surface area contributed by atoms with Gasteiger partial charge in [0, 0.05) is 29.6 Å². The van der Waals surface area contributed by atoms with E-state index >= 15 is 0 Å². The minimum Gasteiger partial charge on any atom is -0.396 e. The van der Waals surface area contributed by atoms with E-state index in [1.165, 1.54) is 18.6 Å². The summed E-state index contributed by atoms with van der Waals surface area (Å²) < 4.78 is 13.6. The first-order chi connectivity index (χ1) is 9.97. The first kappa shape index (κ1) is 17.0. The topological polar surface area (TPSA) is 32.3 Å². The Morgan fingerprint density at radius 3 is 2.52 bits per heavy atom. The Kier molecular flexibility index (Phi) is 5.89. The van der Waals surface area contributed by atoms with Gasteiger partial charge in [-0.2, -0.15) is 0 Å². The molecule has 2 N–H and O–H groups in total. The summed E-state index contributed by atoms with van der Waals surface area (Å²) in [6.07, 6.45) is 5.63. The fourth-order valence-electron chi connectivity index (χ4n) is 3.04. The molecule has 1 atom stereocenters. The standard InChI is InChI=1S/C16H22Cl2FNO/c1-11(12-7-15(19)14(18)8-13(12)17)20-9-16(10-21)5-3-2-4-6-16/h7-8,11,20-21H,2-6,9-10H2,1H3. The highest BCUT2D eigenvalue weighted by atomic mass is 35.5. The molecule has 0 spiro atoms. The summed E-state index contributed by atoms with van der Waals surface area (Å²) in [7, 11) is 0. The normalized spacial score (nSPS) is 19.5. The molecule has 0 saturated heterocycles. The molecule has 1 aliphatic rings. The smallest absolute Gasteiger partial charge is 0.142 e. The zero-order valence-corrected chi connectivity index (χ0v) is 13.8. The van der Waals surface area contributed by atoms with Crippen LogP contribution < -0.4 is 5.32 Å². The molecule has 0 amide bonds. The maximum Gasteiger partial charge on any atom is 0.142 e. The number of rotatable bonds is 5. The molecule has 1 unspecified atom stereocenters. The second kappa shape index (κ2) is 7.28. The Labute approximate surface area is 135 Å². The predicted octanol–water partition coefficient (Wildman–Crippen LogP) is 4.73. The van der Waals surface area contributed by atoms with Crippen LogP contribution in [0.1, 0.15) is 50.6 Å². The van der Waals surface area contributed by atoms with Crippen molar-refractivity contribution in [3.05, 3.63) is 33.6 Å². The first-order valence-corrected chi connectivity index (χ1v) is 8.22. The summed E-state index contributed by atoms with van der Waals surface area (Å²) in [6, 6.07) is 2.73. The van der Waals surface area contributed by atoms with E-state index in [9.17, 15) is 9.50 Å². The van der Waals surface area contributed by atoms with Crippen LogP contribution in [0.5, 0.6) is 0 Å². The summed E-state index contributed by atoms with van der Waals surface area (Å²) >= 11 is 11.9. The Bertz CT molecular complexity index is 489. The van der Waals surface area contributed by atoms with Gasteiger partial charge in [-0.3, -0.25) is 0 Å². The zero-order chi connectivity index (χ0) is 15.5. The van der Waals surface area contributed by atoms with Crippen LogP contribution in [-0.2, 0) is 0 Å². The maximum atomic E-state index is 13.6. The number of benzene rings is 1. The van der Waals surface area contributed by atoms with Crippen LogP contribution in [-0.4, -0.2) is 18.3 Å². The molecular formula is C16H22Cl2FNO. The molecule has 0 heterocycles. The fraction of sp³-hybridized carbons (Fsp3) is 0.625. The molecule has 1 aromatic rings. The van der Waals surface area contributed by atoms with Crippen LogP contribution in [0.25, 0.3) is 0 Å². The molecule has 118 valence electrons. The first-order valence-electron chi connectivity index (χ1n) is 7.46. The molecule has 0 radical (unpaired) electrons. The second-order valence-corrected chi connectivity index (χ2v) is 6.92. The molecule has 1 saturated carbocycles. The summed E-state index contributed by atoms with van der Waals surface area (Å²) in [4.78, 5) is 0. The van der Waals surface area contributed by atoms with Gasteiger partial charge in [-0.1, -0.05) is 42.5 Å². The lowest BCUT2D eigenvalue weighted by molar-refractivity contribution is 0.0789. The number of aliphatic hydroxyl groups excluding tert-OH is 1. The number of nitrogens with one attached hydrogen (secondary N) is 1. The Hall–Kier alpha value is -0.350. The molecule has 2 rings (SSSR count). The second-order valence-electron chi connectivity index (χ2n) is 6.11. The zero-order valence-electron chi connectivity index (χ0n) is 12.3. The van der Waals surface area contributed by atoms with Crippen molar-refractivity contribution >= 4 is 23.2 Å². The van der Waals surface area contributed by atoms with Gasteiger partial charge in [-0.15, -0.1) is 0 Å². The van der Waals surface area contributed by atoms with Crippen molar-refractivity contribution in [2.75, 3.05) is 13.2 Å². The monoisotopic (exact) mass is 333 g/mol. The van der Waals surface area contributed by atoms with Crippen molar-refractivity contribution in [3.8, 4) is 0 Å². The molecule has 1 aliphatic carbocycles. The van der Waals surface area contributed by atoms with Crippen molar-refractivity contribution in [1.29, 1.82) is 0 Å². The number of halogens is 3. The highest BCUT2D eigenvalue weighted by Crippen LogP contribution is 2.36. The van der Waals surface area contributed by atoms with Gasteiger partial charge in [0.05, 0.1) is 5.02 Å². The average molecular weight is 334 g/mol. The van der Waals surface area contributed by atoms with E-state index in [-0.39, 0.29) is 23.1 Å². The molecule has 0 aromatic heterocycles. The van der Waals surface area contributed by atoms with Crippen molar-refractivity contribution in [1.82, 2.24) is 5.32 Å². The lowest BCUT2D eigenvalue weighted by atomic mass is 9.74. The van der Waals surface area contributed by atoms with Gasteiger partial charge in [0.1, 0.15) is 5.82 Å². The lowest BCUT2D eigenvalue weighted by Crippen LogP contribution is -2.40. The average Bonchev–Trinajstić information content (AvgIpc) is 2.49. The summed E-state index contributed by atoms with van der Waals surface area (Å²) in [5, 5.41) is 13.6. The molecule has 1 fully saturated rings. The van der Waals surface area contributed by atoms with E-state index in [0.29, 0.717) is 17.1 Å². The van der Waals surface area contributed by atoms with Crippen molar-refractivity contribution in [3.63, 3.8) is 0 Å². The van der Waals surface area contributed by atoms with E-state index in [4.69, 9.17) is 23.2 Å². The van der Waals surface area contributed by atoms with Crippen molar-refractivity contribution < 1.29 is 9.50 Å². The third-order valence-electron chi connectivity index (χ3n) is 4.54. The van der Waals surface area contributed by atoms with Crippen LogP contribution >= 0.6 is 23.2 Å². The van der Waals surface area contributed by atoms with Crippen molar-refractivity contribution in [2.45, 2.75) is 45.1 Å². The molecular weight excluding hydrogens is 312 g/mol. The molecule has 0 bridgehead atoms. The fourth-order valence-corrected chi connectivity index (χ4v) is 3.59. The van der Waals surface area contributed by atoms with Crippen LogP contribution in [0.4, 0.5) is 4.39 Å². The van der Waals surface area contributed by atoms with Gasteiger partial charge in [-0.05, 0) is 37.5 Å². The molecule has 1 aromatic carbocycles. The Morgan fingerprint density at radius 2 is 1.90 bits per heavy atom. The lowest BCUT2D eigenvalue weighted by Gasteiger charge is -2.37. The highest BCUT2D eigenvalue weighted by Gasteiger charge is 2.31. The van der Waals surface area contributed by atoms with Gasteiger partial charge in [-0.25, -0.2) is 4.39 Å². The third kappa shape index (κ3) is 4.10. The summed E-state index contributed by atoms with van der Waals surface area (Å²) in [5.41, 5.74) is 0.645. The van der Waals surface area contributed by atoms with Gasteiger partial charge in [0.25, 0.3) is 0 Å². The molecule has 0 aliphatic heterocycles. The number of hydrogen-bond donors (Lipinski definition) is 2. The summed E-state index contributed by atoms with van der Waals surface area (Å²) in [6.45, 7) is 2.85. The van der Waals surface area contributed by atoms with Gasteiger partial charge in [0.15, 0.2) is 0 Å². The van der Waals surface area contributed by atoms with E-state index in [0.717, 1.165) is 25.7 Å². The molecule has 5 heteroatoms. The van der Waals surface area contributed by atoms with Crippen LogP contribution in [0.2, 0.25) is 10.0 Å². The summed E-state index contributed by atoms with van der Waals surface area (Å²) in [5.74, 6) is -0.459. The highest BCUT2D eigenvalue weighted by molar-refractivity contribution is 6.35. The van der Waals surface area contributed by atoms with Crippen LogP contribution in [0.15, 0.2) is 12.1 Å². The predicted molar refractivity (Wildman–Crippen MR) is 85.4 cm³/mol. The van der Waals surface area contributed by atoms with E-state index in [2.05, 4.69) is 5.32 Å². The van der Waals surface area contributed by atoms with Crippen LogP contribution in [0, 0.1) is 11.2 Å². The quantitative estimate of drug-likeness (QED) is 0.763. The van der Waals surface area contributed by atoms with Gasteiger partial charge in [0.2, 0.25) is 0 Å². The van der Waals surface area contributed by atoms with E-state index in [1.54, 1.807) is 0 Å². The Morgan fingerprint density at radius 1 is 1.24 bits per heavy atom. The van der Waals surface area contributed by atoms with Crippen molar-refractivity contribution in [2.24, 2.45) is 5.41 Å². The van der Waals surface area contributed by atoms with Gasteiger partial charge < -0.3 is 10.4 Å². The minimum atomic E-state index is -0.459. The third-order valence-corrected chi connectivity index (χ3v) is 5.16. The largest absolute Gasteiger partial charge is 0.396 e. The van der Waals surface area contributed by atoms with E-state index < -0.39 is 5.82 Å². The number of aliphatic hydroxyl groups is 1. The molecule has 21 heavy (non-hydrogen) atoms. The van der Waals surface area contributed by atoms with E-state index in [1.807, 2.05) is 6.92 Å². The number of hydrogen-bond acceptors (Lipinski definition) is 2. The molecule has 2 nitrogen and oxygen atoms in total. The van der Waals surface area contributed by atoms with Gasteiger partial charge >= 0.3 is 0 Å². The van der Waals surface area contributed by atoms with Crippen LogP contribution in [0.3, 0.4) is 0 Å². The maximum absolute atomic E-state index is 13.6. The Balaban J connectivity index is 2.04. The SMILES string of the molecule is CC(NCC1(CO)CCCCC1)c1cc(F)c(Cl)cc1Cl.